The highest BCUT2D eigenvalue weighted by atomic mass is 16.2. The first-order chi connectivity index (χ1) is 8.77. The third kappa shape index (κ3) is 3.53. The summed E-state index contributed by atoms with van der Waals surface area (Å²) >= 11 is 0. The van der Waals surface area contributed by atoms with E-state index < -0.39 is 0 Å². The molecule has 1 unspecified atom stereocenters. The van der Waals surface area contributed by atoms with Gasteiger partial charge in [0.05, 0.1) is 6.04 Å². The third-order valence-electron chi connectivity index (χ3n) is 3.40. The highest BCUT2D eigenvalue weighted by Gasteiger charge is 2.22. The molecule has 0 saturated carbocycles. The molecule has 18 heavy (non-hydrogen) atoms. The Morgan fingerprint density at radius 2 is 2.06 bits per heavy atom. The fourth-order valence-electron chi connectivity index (χ4n) is 2.28. The van der Waals surface area contributed by atoms with Crippen LogP contribution in [0.3, 0.4) is 0 Å². The SMILES string of the molecule is CC(NCCc1ccncc1)C(=O)N1CCCC1. The molecule has 1 aliphatic heterocycles. The average molecular weight is 247 g/mol. The molecule has 0 aromatic carbocycles. The quantitative estimate of drug-likeness (QED) is 0.851. The van der Waals surface area contributed by atoms with Crippen molar-refractivity contribution < 1.29 is 4.79 Å². The Kier molecular flexibility index (Phi) is 4.70. The molecule has 0 bridgehead atoms. The standard InChI is InChI=1S/C14H21N3O/c1-12(14(18)17-10-2-3-11-17)16-9-6-13-4-7-15-8-5-13/h4-5,7-8,12,16H,2-3,6,9-11H2,1H3. The number of nitrogens with zero attached hydrogens (tertiary/aromatic N) is 2. The Balaban J connectivity index is 1.71. The van der Waals surface area contributed by atoms with Gasteiger partial charge in [0.1, 0.15) is 0 Å². The lowest BCUT2D eigenvalue weighted by Gasteiger charge is -2.21. The number of carbonyl (C=O) groups is 1. The van der Waals surface area contributed by atoms with Gasteiger partial charge in [0.2, 0.25) is 5.91 Å². The zero-order valence-corrected chi connectivity index (χ0v) is 10.9. The molecule has 4 nitrogen and oxygen atoms in total. The average Bonchev–Trinajstić information content (AvgIpc) is 2.93. The van der Waals surface area contributed by atoms with Crippen LogP contribution in [0.5, 0.6) is 0 Å². The maximum Gasteiger partial charge on any atom is 0.239 e. The molecule has 1 atom stereocenters. The molecule has 1 aromatic rings. The number of likely N-dealkylation sites (tertiary alicyclic amines) is 1. The van der Waals surface area contributed by atoms with E-state index in [1.165, 1.54) is 5.56 Å². The minimum absolute atomic E-state index is 0.0788. The molecule has 1 aromatic heterocycles. The number of hydrogen-bond donors (Lipinski definition) is 1. The number of rotatable bonds is 5. The summed E-state index contributed by atoms with van der Waals surface area (Å²) in [6, 6.07) is 3.94. The van der Waals surface area contributed by atoms with Gasteiger partial charge >= 0.3 is 0 Å². The van der Waals surface area contributed by atoms with Crippen LogP contribution in [0.2, 0.25) is 0 Å². The largest absolute Gasteiger partial charge is 0.341 e. The van der Waals surface area contributed by atoms with Crippen LogP contribution in [0.25, 0.3) is 0 Å². The molecular formula is C14H21N3O. The molecule has 2 rings (SSSR count). The van der Waals surface area contributed by atoms with Crippen LogP contribution in [0.15, 0.2) is 24.5 Å². The summed E-state index contributed by atoms with van der Waals surface area (Å²) in [5, 5.41) is 3.30. The van der Waals surface area contributed by atoms with Gasteiger partial charge in [-0.1, -0.05) is 0 Å². The first-order valence-corrected chi connectivity index (χ1v) is 6.68. The smallest absolute Gasteiger partial charge is 0.239 e. The maximum atomic E-state index is 12.0. The zero-order chi connectivity index (χ0) is 12.8. The molecule has 1 fully saturated rings. The maximum absolute atomic E-state index is 12.0. The zero-order valence-electron chi connectivity index (χ0n) is 10.9. The Morgan fingerprint density at radius 3 is 2.72 bits per heavy atom. The second-order valence-corrected chi connectivity index (χ2v) is 4.81. The second kappa shape index (κ2) is 6.50. The van der Waals surface area contributed by atoms with Crippen molar-refractivity contribution in [3.63, 3.8) is 0 Å². The Labute approximate surface area is 108 Å². The van der Waals surface area contributed by atoms with Gasteiger partial charge in [0, 0.05) is 25.5 Å². The number of carbonyl (C=O) groups excluding carboxylic acids is 1. The predicted molar refractivity (Wildman–Crippen MR) is 71.2 cm³/mol. The van der Waals surface area contributed by atoms with Gasteiger partial charge in [-0.2, -0.15) is 0 Å². The molecule has 0 spiro atoms. The van der Waals surface area contributed by atoms with E-state index >= 15 is 0 Å². The fourth-order valence-corrected chi connectivity index (χ4v) is 2.28. The highest BCUT2D eigenvalue weighted by molar-refractivity contribution is 5.81. The van der Waals surface area contributed by atoms with E-state index in [9.17, 15) is 4.79 Å². The molecule has 98 valence electrons. The summed E-state index contributed by atoms with van der Waals surface area (Å²) in [6.45, 7) is 4.63. The lowest BCUT2D eigenvalue weighted by Crippen LogP contribution is -2.44. The van der Waals surface area contributed by atoms with E-state index in [0.717, 1.165) is 38.9 Å². The van der Waals surface area contributed by atoms with Gasteiger partial charge in [-0.15, -0.1) is 0 Å². The number of amides is 1. The monoisotopic (exact) mass is 247 g/mol. The normalized spacial score (nSPS) is 16.8. The topological polar surface area (TPSA) is 45.2 Å². The van der Waals surface area contributed by atoms with Crippen molar-refractivity contribution in [2.24, 2.45) is 0 Å². The Hall–Kier alpha value is -1.42. The predicted octanol–water partition coefficient (Wildman–Crippen LogP) is 1.22. The summed E-state index contributed by atoms with van der Waals surface area (Å²) in [5.74, 6) is 0.238. The number of nitrogens with one attached hydrogen (secondary N) is 1. The van der Waals surface area contributed by atoms with Crippen LogP contribution in [-0.4, -0.2) is 41.5 Å². The molecule has 4 heteroatoms. The Morgan fingerprint density at radius 1 is 1.39 bits per heavy atom. The fraction of sp³-hybridized carbons (Fsp3) is 0.571. The molecule has 1 amide bonds. The van der Waals surface area contributed by atoms with E-state index in [2.05, 4.69) is 10.3 Å². The minimum Gasteiger partial charge on any atom is -0.341 e. The molecule has 2 heterocycles. The van der Waals surface area contributed by atoms with Crippen molar-refractivity contribution in [1.29, 1.82) is 0 Å². The van der Waals surface area contributed by atoms with Crippen LogP contribution < -0.4 is 5.32 Å². The van der Waals surface area contributed by atoms with Crippen LogP contribution in [0, 0.1) is 0 Å². The summed E-state index contributed by atoms with van der Waals surface area (Å²) in [6.07, 6.45) is 6.83. The number of pyridine rings is 1. The third-order valence-corrected chi connectivity index (χ3v) is 3.40. The van der Waals surface area contributed by atoms with Crippen molar-refractivity contribution in [3.8, 4) is 0 Å². The highest BCUT2D eigenvalue weighted by Crippen LogP contribution is 2.08. The molecular weight excluding hydrogens is 226 g/mol. The van der Waals surface area contributed by atoms with Crippen molar-refractivity contribution in [3.05, 3.63) is 30.1 Å². The molecule has 0 radical (unpaired) electrons. The molecule has 1 aliphatic rings. The number of aromatic nitrogens is 1. The van der Waals surface area contributed by atoms with Crippen molar-refractivity contribution >= 4 is 5.91 Å². The van der Waals surface area contributed by atoms with E-state index in [0.29, 0.717) is 0 Å². The van der Waals surface area contributed by atoms with Crippen molar-refractivity contribution in [1.82, 2.24) is 15.2 Å². The van der Waals surface area contributed by atoms with Crippen LogP contribution in [-0.2, 0) is 11.2 Å². The summed E-state index contributed by atoms with van der Waals surface area (Å²) in [7, 11) is 0. The van der Waals surface area contributed by atoms with Gasteiger partial charge in [-0.3, -0.25) is 9.78 Å². The summed E-state index contributed by atoms with van der Waals surface area (Å²) in [4.78, 5) is 18.0. The van der Waals surface area contributed by atoms with Crippen LogP contribution in [0.4, 0.5) is 0 Å². The van der Waals surface area contributed by atoms with Crippen LogP contribution in [0.1, 0.15) is 25.3 Å². The van der Waals surface area contributed by atoms with Crippen molar-refractivity contribution in [2.75, 3.05) is 19.6 Å². The summed E-state index contributed by atoms with van der Waals surface area (Å²) in [5.41, 5.74) is 1.25. The number of hydrogen-bond acceptors (Lipinski definition) is 3. The van der Waals surface area contributed by atoms with E-state index in [1.807, 2.05) is 24.0 Å². The first-order valence-electron chi connectivity index (χ1n) is 6.68. The molecule has 1 N–H and O–H groups in total. The van der Waals surface area contributed by atoms with Gasteiger partial charge in [0.15, 0.2) is 0 Å². The van der Waals surface area contributed by atoms with Crippen molar-refractivity contribution in [2.45, 2.75) is 32.2 Å². The summed E-state index contributed by atoms with van der Waals surface area (Å²) < 4.78 is 0. The lowest BCUT2D eigenvalue weighted by atomic mass is 10.2. The van der Waals surface area contributed by atoms with E-state index in [1.54, 1.807) is 12.4 Å². The molecule has 0 aliphatic carbocycles. The Bertz CT molecular complexity index is 374. The van der Waals surface area contributed by atoms with Gasteiger partial charge in [0.25, 0.3) is 0 Å². The minimum atomic E-state index is -0.0788. The second-order valence-electron chi connectivity index (χ2n) is 4.81. The molecule has 1 saturated heterocycles. The van der Waals surface area contributed by atoms with Crippen LogP contribution >= 0.6 is 0 Å². The van der Waals surface area contributed by atoms with Gasteiger partial charge < -0.3 is 10.2 Å². The van der Waals surface area contributed by atoms with E-state index in [4.69, 9.17) is 0 Å². The van der Waals surface area contributed by atoms with E-state index in [-0.39, 0.29) is 11.9 Å². The first kappa shape index (κ1) is 13.0. The lowest BCUT2D eigenvalue weighted by molar-refractivity contribution is -0.131. The van der Waals surface area contributed by atoms with Gasteiger partial charge in [-0.25, -0.2) is 0 Å². The van der Waals surface area contributed by atoms with Gasteiger partial charge in [-0.05, 0) is 50.4 Å².